The minimum atomic E-state index is -0.333. The summed E-state index contributed by atoms with van der Waals surface area (Å²) >= 11 is 0. The van der Waals surface area contributed by atoms with E-state index >= 15 is 0 Å². The van der Waals surface area contributed by atoms with Crippen LogP contribution in [0.15, 0.2) is 59.2 Å². The number of nitrogens with zero attached hydrogens (tertiary/aromatic N) is 1. The van der Waals surface area contributed by atoms with Crippen LogP contribution < -0.4 is 10.5 Å². The van der Waals surface area contributed by atoms with E-state index in [0.717, 1.165) is 0 Å². The summed E-state index contributed by atoms with van der Waals surface area (Å²) in [5.74, 6) is 0.613. The number of anilines is 1. The van der Waals surface area contributed by atoms with Crippen LogP contribution in [-0.4, -0.2) is 4.98 Å². The quantitative estimate of drug-likeness (QED) is 0.743. The van der Waals surface area contributed by atoms with Crippen LogP contribution in [0.5, 0.6) is 5.75 Å². The van der Waals surface area contributed by atoms with Crippen LogP contribution in [0.3, 0.4) is 0 Å². The van der Waals surface area contributed by atoms with E-state index in [4.69, 9.17) is 14.9 Å². The van der Waals surface area contributed by atoms with E-state index < -0.39 is 0 Å². The Morgan fingerprint density at radius 3 is 2.81 bits per heavy atom. The third-order valence-corrected chi connectivity index (χ3v) is 2.92. The molecule has 0 fully saturated rings. The lowest BCUT2D eigenvalue weighted by Crippen LogP contribution is -1.98. The van der Waals surface area contributed by atoms with Gasteiger partial charge in [-0.2, -0.15) is 0 Å². The predicted molar refractivity (Wildman–Crippen MR) is 77.1 cm³/mol. The van der Waals surface area contributed by atoms with E-state index in [1.54, 1.807) is 24.3 Å². The van der Waals surface area contributed by atoms with Crippen molar-refractivity contribution in [2.45, 2.75) is 6.61 Å². The Kier molecular flexibility index (Phi) is 3.55. The summed E-state index contributed by atoms with van der Waals surface area (Å²) < 4.78 is 24.1. The van der Waals surface area contributed by atoms with Crippen molar-refractivity contribution >= 4 is 5.69 Å². The summed E-state index contributed by atoms with van der Waals surface area (Å²) in [5, 5.41) is 0. The van der Waals surface area contributed by atoms with E-state index in [-0.39, 0.29) is 12.4 Å². The summed E-state index contributed by atoms with van der Waals surface area (Å²) in [6.07, 6.45) is 1.49. The van der Waals surface area contributed by atoms with Crippen molar-refractivity contribution in [3.05, 3.63) is 66.3 Å². The fourth-order valence-electron chi connectivity index (χ4n) is 1.89. The molecule has 1 aromatic heterocycles. The lowest BCUT2D eigenvalue weighted by atomic mass is 10.2. The zero-order chi connectivity index (χ0) is 14.7. The maximum absolute atomic E-state index is 13.2. The van der Waals surface area contributed by atoms with E-state index in [1.807, 2.05) is 12.1 Å². The Balaban J connectivity index is 1.72. The van der Waals surface area contributed by atoms with Crippen LogP contribution in [0.25, 0.3) is 11.5 Å². The fraction of sp³-hybridized carbons (Fsp3) is 0.0625. The van der Waals surface area contributed by atoms with Crippen LogP contribution in [0.2, 0.25) is 0 Å². The molecule has 21 heavy (non-hydrogen) atoms. The van der Waals surface area contributed by atoms with E-state index in [0.29, 0.717) is 28.6 Å². The number of ether oxygens (including phenoxy) is 1. The van der Waals surface area contributed by atoms with Crippen molar-refractivity contribution in [2.75, 3.05) is 5.73 Å². The van der Waals surface area contributed by atoms with Gasteiger partial charge in [-0.15, -0.1) is 0 Å². The molecular formula is C16H13FN2O2. The van der Waals surface area contributed by atoms with Crippen LogP contribution in [0.4, 0.5) is 10.1 Å². The number of nitrogen functional groups attached to an aromatic ring is 1. The van der Waals surface area contributed by atoms with Gasteiger partial charge in [0.25, 0.3) is 0 Å². The molecule has 3 aromatic rings. The van der Waals surface area contributed by atoms with Gasteiger partial charge in [0.15, 0.2) is 0 Å². The second-order valence-corrected chi connectivity index (χ2v) is 4.48. The second kappa shape index (κ2) is 5.66. The van der Waals surface area contributed by atoms with Crippen molar-refractivity contribution < 1.29 is 13.5 Å². The normalized spacial score (nSPS) is 10.5. The Morgan fingerprint density at radius 1 is 1.14 bits per heavy atom. The second-order valence-electron chi connectivity index (χ2n) is 4.48. The monoisotopic (exact) mass is 284 g/mol. The molecule has 0 amide bonds. The predicted octanol–water partition coefficient (Wildman–Crippen LogP) is 3.64. The molecule has 0 atom stereocenters. The first-order valence-electron chi connectivity index (χ1n) is 6.40. The lowest BCUT2D eigenvalue weighted by molar-refractivity contribution is 0.302. The first-order chi connectivity index (χ1) is 10.2. The van der Waals surface area contributed by atoms with Crippen LogP contribution >= 0.6 is 0 Å². The molecule has 1 heterocycles. The van der Waals surface area contributed by atoms with E-state index in [9.17, 15) is 4.39 Å². The fourth-order valence-corrected chi connectivity index (χ4v) is 1.89. The van der Waals surface area contributed by atoms with Gasteiger partial charge >= 0.3 is 0 Å². The summed E-state index contributed by atoms with van der Waals surface area (Å²) in [7, 11) is 0. The Labute approximate surface area is 121 Å². The largest absolute Gasteiger partial charge is 0.485 e. The summed E-state index contributed by atoms with van der Waals surface area (Å²) in [6, 6.07) is 13.3. The molecule has 2 aromatic carbocycles. The number of rotatable bonds is 4. The molecule has 2 N–H and O–H groups in total. The number of halogens is 1. The number of nitrogens with two attached hydrogens (primary N) is 1. The van der Waals surface area contributed by atoms with Crippen molar-refractivity contribution in [1.82, 2.24) is 4.98 Å². The van der Waals surface area contributed by atoms with E-state index in [1.165, 1.54) is 18.4 Å². The summed E-state index contributed by atoms with van der Waals surface area (Å²) in [4.78, 5) is 4.27. The standard InChI is InChI=1S/C16H13FN2O2/c17-12-5-3-4-11(8-12)16-19-13(10-21-16)9-20-15-7-2-1-6-14(15)18/h1-8,10H,9,18H2. The molecule has 0 unspecified atom stereocenters. The highest BCUT2D eigenvalue weighted by molar-refractivity contribution is 5.53. The molecule has 0 saturated carbocycles. The zero-order valence-corrected chi connectivity index (χ0v) is 11.1. The average Bonchev–Trinajstić information content (AvgIpc) is 2.95. The summed E-state index contributed by atoms with van der Waals surface area (Å²) in [5.41, 5.74) is 7.54. The molecule has 3 rings (SSSR count). The van der Waals surface area contributed by atoms with E-state index in [2.05, 4.69) is 4.98 Å². The molecule has 0 spiro atoms. The number of aromatic nitrogens is 1. The number of para-hydroxylation sites is 2. The minimum Gasteiger partial charge on any atom is -0.485 e. The van der Waals surface area contributed by atoms with Crippen LogP contribution in [0, 0.1) is 5.82 Å². The lowest BCUT2D eigenvalue weighted by Gasteiger charge is -2.05. The average molecular weight is 284 g/mol. The van der Waals surface area contributed by atoms with Crippen molar-refractivity contribution in [3.8, 4) is 17.2 Å². The Bertz CT molecular complexity index is 755. The number of hydrogen-bond donors (Lipinski definition) is 1. The highest BCUT2D eigenvalue weighted by Gasteiger charge is 2.08. The highest BCUT2D eigenvalue weighted by Crippen LogP contribution is 2.23. The van der Waals surface area contributed by atoms with Gasteiger partial charge in [0.2, 0.25) is 5.89 Å². The molecule has 0 radical (unpaired) electrons. The zero-order valence-electron chi connectivity index (χ0n) is 11.1. The van der Waals surface area contributed by atoms with Gasteiger partial charge in [0.1, 0.15) is 30.1 Å². The number of hydrogen-bond acceptors (Lipinski definition) is 4. The third kappa shape index (κ3) is 3.02. The van der Waals surface area contributed by atoms with Gasteiger partial charge < -0.3 is 14.9 Å². The van der Waals surface area contributed by atoms with Gasteiger partial charge in [-0.3, -0.25) is 0 Å². The molecule has 5 heteroatoms. The molecule has 0 bridgehead atoms. The minimum absolute atomic E-state index is 0.229. The highest BCUT2D eigenvalue weighted by atomic mass is 19.1. The molecule has 4 nitrogen and oxygen atoms in total. The maximum Gasteiger partial charge on any atom is 0.226 e. The molecule has 0 aliphatic heterocycles. The smallest absolute Gasteiger partial charge is 0.226 e. The summed E-state index contributed by atoms with van der Waals surface area (Å²) in [6.45, 7) is 0.229. The Morgan fingerprint density at radius 2 is 2.00 bits per heavy atom. The maximum atomic E-state index is 13.2. The van der Waals surface area contributed by atoms with Gasteiger partial charge in [0, 0.05) is 5.56 Å². The molecular weight excluding hydrogens is 271 g/mol. The van der Waals surface area contributed by atoms with Crippen LogP contribution in [0.1, 0.15) is 5.69 Å². The van der Waals surface area contributed by atoms with Gasteiger partial charge in [-0.1, -0.05) is 18.2 Å². The topological polar surface area (TPSA) is 61.3 Å². The van der Waals surface area contributed by atoms with Crippen molar-refractivity contribution in [3.63, 3.8) is 0 Å². The van der Waals surface area contributed by atoms with Gasteiger partial charge in [-0.05, 0) is 30.3 Å². The molecule has 0 aliphatic carbocycles. The first kappa shape index (κ1) is 13.2. The number of benzene rings is 2. The first-order valence-corrected chi connectivity index (χ1v) is 6.40. The SMILES string of the molecule is Nc1ccccc1OCc1coc(-c2cccc(F)c2)n1. The molecule has 106 valence electrons. The molecule has 0 saturated heterocycles. The Hall–Kier alpha value is -2.82. The van der Waals surface area contributed by atoms with Gasteiger partial charge in [0.05, 0.1) is 5.69 Å². The number of oxazole rings is 1. The van der Waals surface area contributed by atoms with Crippen molar-refractivity contribution in [2.24, 2.45) is 0 Å². The van der Waals surface area contributed by atoms with Crippen LogP contribution in [-0.2, 0) is 6.61 Å². The molecule has 0 aliphatic rings. The van der Waals surface area contributed by atoms with Crippen molar-refractivity contribution in [1.29, 1.82) is 0 Å². The third-order valence-electron chi connectivity index (χ3n) is 2.92. The van der Waals surface area contributed by atoms with Gasteiger partial charge in [-0.25, -0.2) is 9.37 Å².